The minimum atomic E-state index is 0.202. The van der Waals surface area contributed by atoms with Crippen LogP contribution in [0.1, 0.15) is 25.0 Å². The van der Waals surface area contributed by atoms with Gasteiger partial charge in [-0.15, -0.1) is 0 Å². The third-order valence-electron chi connectivity index (χ3n) is 3.48. The van der Waals surface area contributed by atoms with Crippen LogP contribution in [0.15, 0.2) is 18.2 Å². The highest BCUT2D eigenvalue weighted by Crippen LogP contribution is 2.29. The first-order valence-corrected chi connectivity index (χ1v) is 7.15. The first kappa shape index (κ1) is 14.3. The van der Waals surface area contributed by atoms with E-state index in [0.29, 0.717) is 17.6 Å². The van der Waals surface area contributed by atoms with E-state index in [4.69, 9.17) is 22.7 Å². The lowest BCUT2D eigenvalue weighted by atomic mass is 10.1. The summed E-state index contributed by atoms with van der Waals surface area (Å²) in [5.74, 6) is 1.02. The Morgan fingerprint density at radius 2 is 2.26 bits per heavy atom. The van der Waals surface area contributed by atoms with Gasteiger partial charge in [0.1, 0.15) is 11.9 Å². The summed E-state index contributed by atoms with van der Waals surface area (Å²) in [6.07, 6.45) is 1.17. The molecule has 1 aromatic rings. The number of aryl methyl sites for hydroxylation is 1. The topological polar surface area (TPSA) is 38.5 Å². The van der Waals surface area contributed by atoms with E-state index in [-0.39, 0.29) is 6.10 Å². The largest absolute Gasteiger partial charge is 0.488 e. The third-order valence-corrected chi connectivity index (χ3v) is 3.61. The van der Waals surface area contributed by atoms with Crippen molar-refractivity contribution in [2.45, 2.75) is 39.3 Å². The van der Waals surface area contributed by atoms with Crippen molar-refractivity contribution in [3.63, 3.8) is 0 Å². The number of nitrogens with zero attached hydrogens (tertiary/aromatic N) is 1. The van der Waals surface area contributed by atoms with E-state index >= 15 is 0 Å². The van der Waals surface area contributed by atoms with Crippen LogP contribution in [0, 0.1) is 6.92 Å². The second kappa shape index (κ2) is 5.88. The molecule has 2 rings (SSSR count). The minimum Gasteiger partial charge on any atom is -0.488 e. The molecule has 4 heteroatoms. The number of rotatable bonds is 5. The summed E-state index contributed by atoms with van der Waals surface area (Å²) in [5, 5.41) is 0. The Bertz CT molecular complexity index is 473. The molecule has 0 radical (unpaired) electrons. The number of hydrogen-bond donors (Lipinski definition) is 1. The van der Waals surface area contributed by atoms with Gasteiger partial charge in [-0.05, 0) is 32.4 Å². The van der Waals surface area contributed by atoms with E-state index in [2.05, 4.69) is 43.9 Å². The molecule has 1 unspecified atom stereocenters. The van der Waals surface area contributed by atoms with Gasteiger partial charge in [-0.2, -0.15) is 0 Å². The summed E-state index contributed by atoms with van der Waals surface area (Å²) in [6.45, 7) is 7.95. The molecule has 1 aromatic carbocycles. The van der Waals surface area contributed by atoms with Crippen LogP contribution in [0.4, 0.5) is 0 Å². The molecule has 0 spiro atoms. The van der Waals surface area contributed by atoms with Crippen molar-refractivity contribution in [3.05, 3.63) is 29.3 Å². The molecule has 0 aliphatic carbocycles. The molecular formula is C15H22N2OS. The monoisotopic (exact) mass is 278 g/mol. The van der Waals surface area contributed by atoms with Crippen molar-refractivity contribution >= 4 is 17.2 Å². The summed E-state index contributed by atoms with van der Waals surface area (Å²) in [4.78, 5) is 2.81. The van der Waals surface area contributed by atoms with Crippen molar-refractivity contribution < 1.29 is 4.74 Å². The number of hydrogen-bond acceptors (Lipinski definition) is 3. The van der Waals surface area contributed by atoms with Crippen molar-refractivity contribution in [1.82, 2.24) is 4.90 Å². The van der Waals surface area contributed by atoms with Crippen LogP contribution < -0.4 is 10.5 Å². The highest BCUT2D eigenvalue weighted by Gasteiger charge is 2.26. The molecule has 0 aromatic heterocycles. The zero-order chi connectivity index (χ0) is 14.0. The molecule has 104 valence electrons. The van der Waals surface area contributed by atoms with Gasteiger partial charge in [0, 0.05) is 25.6 Å². The van der Waals surface area contributed by atoms with E-state index in [0.717, 1.165) is 18.7 Å². The van der Waals surface area contributed by atoms with Crippen LogP contribution in [0.2, 0.25) is 0 Å². The molecule has 1 aliphatic rings. The lowest BCUT2D eigenvalue weighted by Crippen LogP contribution is -2.43. The lowest BCUT2D eigenvalue weighted by molar-refractivity contribution is 0.141. The van der Waals surface area contributed by atoms with Crippen molar-refractivity contribution in [1.29, 1.82) is 0 Å². The minimum absolute atomic E-state index is 0.202. The van der Waals surface area contributed by atoms with E-state index in [9.17, 15) is 0 Å². The Hall–Kier alpha value is -1.13. The average molecular weight is 278 g/mol. The second-order valence-corrected chi connectivity index (χ2v) is 6.07. The fourth-order valence-electron chi connectivity index (χ4n) is 2.47. The highest BCUT2D eigenvalue weighted by molar-refractivity contribution is 7.80. The molecule has 0 fully saturated rings. The molecule has 0 saturated heterocycles. The molecule has 1 atom stereocenters. The number of nitrogens with two attached hydrogens (primary N) is 1. The van der Waals surface area contributed by atoms with Gasteiger partial charge >= 0.3 is 0 Å². The average Bonchev–Trinajstić information content (AvgIpc) is 2.68. The summed E-state index contributed by atoms with van der Waals surface area (Å²) in [7, 11) is 0. The summed E-state index contributed by atoms with van der Waals surface area (Å²) in [5.41, 5.74) is 8.25. The number of fused-ring (bicyclic) bond motifs is 1. The van der Waals surface area contributed by atoms with Gasteiger partial charge in [0.25, 0.3) is 0 Å². The lowest BCUT2D eigenvalue weighted by Gasteiger charge is -2.28. The van der Waals surface area contributed by atoms with Crippen LogP contribution in [0.5, 0.6) is 5.75 Å². The zero-order valence-corrected chi connectivity index (χ0v) is 12.7. The Kier molecular flexibility index (Phi) is 4.42. The second-order valence-electron chi connectivity index (χ2n) is 5.54. The molecule has 3 nitrogen and oxygen atoms in total. The molecule has 0 amide bonds. The van der Waals surface area contributed by atoms with Crippen LogP contribution in [0.25, 0.3) is 0 Å². The Morgan fingerprint density at radius 3 is 2.89 bits per heavy atom. The van der Waals surface area contributed by atoms with E-state index < -0.39 is 0 Å². The molecule has 0 bridgehead atoms. The normalized spacial score (nSPS) is 17.6. The Morgan fingerprint density at radius 1 is 1.53 bits per heavy atom. The maximum atomic E-state index is 6.00. The summed E-state index contributed by atoms with van der Waals surface area (Å²) >= 11 is 5.01. The quantitative estimate of drug-likeness (QED) is 0.839. The highest BCUT2D eigenvalue weighted by atomic mass is 32.1. The Labute approximate surface area is 120 Å². The van der Waals surface area contributed by atoms with Crippen molar-refractivity contribution in [3.8, 4) is 5.75 Å². The van der Waals surface area contributed by atoms with E-state index in [1.165, 1.54) is 11.1 Å². The van der Waals surface area contributed by atoms with Gasteiger partial charge in [-0.1, -0.05) is 29.9 Å². The van der Waals surface area contributed by atoms with E-state index in [1.807, 2.05) is 0 Å². The van der Waals surface area contributed by atoms with Crippen LogP contribution in [0.3, 0.4) is 0 Å². The maximum Gasteiger partial charge on any atom is 0.123 e. The SMILES string of the molecule is Cc1ccc2c(c1)CC(CN(CC(N)=S)C(C)C)O2. The van der Waals surface area contributed by atoms with Gasteiger partial charge in [0.05, 0.1) is 4.99 Å². The zero-order valence-electron chi connectivity index (χ0n) is 11.8. The van der Waals surface area contributed by atoms with E-state index in [1.54, 1.807) is 0 Å². The predicted molar refractivity (Wildman–Crippen MR) is 82.8 cm³/mol. The van der Waals surface area contributed by atoms with Crippen molar-refractivity contribution in [2.24, 2.45) is 5.73 Å². The van der Waals surface area contributed by atoms with Gasteiger partial charge in [-0.3, -0.25) is 4.90 Å². The van der Waals surface area contributed by atoms with Crippen LogP contribution in [-0.2, 0) is 6.42 Å². The number of ether oxygens (including phenoxy) is 1. The molecule has 1 heterocycles. The Balaban J connectivity index is 2.00. The molecule has 19 heavy (non-hydrogen) atoms. The smallest absolute Gasteiger partial charge is 0.123 e. The molecule has 1 aliphatic heterocycles. The number of benzene rings is 1. The molecule has 2 N–H and O–H groups in total. The predicted octanol–water partition coefficient (Wildman–Crippen LogP) is 2.30. The van der Waals surface area contributed by atoms with Crippen molar-refractivity contribution in [2.75, 3.05) is 13.1 Å². The standard InChI is InChI=1S/C15H22N2OS/c1-10(2)17(9-15(16)19)8-13-7-12-6-11(3)4-5-14(12)18-13/h4-6,10,13H,7-9H2,1-3H3,(H2,16,19). The first-order chi connectivity index (χ1) is 8.95. The van der Waals surface area contributed by atoms with Gasteiger partial charge in [-0.25, -0.2) is 0 Å². The molecule has 0 saturated carbocycles. The van der Waals surface area contributed by atoms with Gasteiger partial charge in [0.15, 0.2) is 0 Å². The van der Waals surface area contributed by atoms with Crippen LogP contribution in [-0.4, -0.2) is 35.1 Å². The maximum absolute atomic E-state index is 6.00. The fourth-order valence-corrected chi connectivity index (χ4v) is 2.64. The fraction of sp³-hybridized carbons (Fsp3) is 0.533. The summed E-state index contributed by atoms with van der Waals surface area (Å²) < 4.78 is 6.00. The first-order valence-electron chi connectivity index (χ1n) is 6.74. The number of thiocarbonyl (C=S) groups is 1. The summed E-state index contributed by atoms with van der Waals surface area (Å²) in [6, 6.07) is 6.78. The van der Waals surface area contributed by atoms with Crippen LogP contribution >= 0.6 is 12.2 Å². The van der Waals surface area contributed by atoms with Gasteiger partial charge < -0.3 is 10.5 Å². The van der Waals surface area contributed by atoms with Gasteiger partial charge in [0.2, 0.25) is 0 Å². The third kappa shape index (κ3) is 3.67. The molecular weight excluding hydrogens is 256 g/mol.